The minimum Gasteiger partial charge on any atom is -0.407 e. The second-order valence-electron chi connectivity index (χ2n) is 5.66. The Morgan fingerprint density at radius 2 is 2.15 bits per heavy atom. The number of hydrogen-bond donors (Lipinski definition) is 0. The van der Waals surface area contributed by atoms with Gasteiger partial charge in [0.05, 0.1) is 21.8 Å². The third-order valence-electron chi connectivity index (χ3n) is 3.45. The van der Waals surface area contributed by atoms with Crippen molar-refractivity contribution in [1.82, 2.24) is 4.98 Å². The molecule has 6 heteroatoms. The Kier molecular flexibility index (Phi) is 3.82. The first-order valence-corrected chi connectivity index (χ1v) is 7.51. The van der Waals surface area contributed by atoms with E-state index < -0.39 is 0 Å². The van der Waals surface area contributed by atoms with Crippen LogP contribution in [0, 0.1) is 12.3 Å². The van der Waals surface area contributed by atoms with Crippen LogP contribution in [0.3, 0.4) is 0 Å². The smallest absolute Gasteiger partial charge is 0.407 e. The van der Waals surface area contributed by atoms with E-state index in [9.17, 15) is 0 Å². The maximum Gasteiger partial charge on any atom is 0.493 e. The highest BCUT2D eigenvalue weighted by Gasteiger charge is 2.36. The van der Waals surface area contributed by atoms with Gasteiger partial charge >= 0.3 is 7.12 Å². The molecule has 1 saturated heterocycles. The Morgan fingerprint density at radius 3 is 2.85 bits per heavy atom. The zero-order chi connectivity index (χ0) is 14.2. The van der Waals surface area contributed by atoms with E-state index in [1.165, 1.54) is 4.70 Å². The Morgan fingerprint density at radius 1 is 1.40 bits per heavy atom. The van der Waals surface area contributed by atoms with E-state index in [1.807, 2.05) is 6.92 Å². The number of rotatable bonds is 3. The average Bonchev–Trinajstić information content (AvgIpc) is 2.78. The molecule has 20 heavy (non-hydrogen) atoms. The topological polar surface area (TPSA) is 40.6 Å². The van der Waals surface area contributed by atoms with Crippen molar-refractivity contribution >= 4 is 34.1 Å². The van der Waals surface area contributed by atoms with Gasteiger partial charge in [-0.25, -0.2) is 4.98 Å². The van der Waals surface area contributed by atoms with E-state index in [2.05, 4.69) is 30.1 Å². The first kappa shape index (κ1) is 14.0. The summed E-state index contributed by atoms with van der Waals surface area (Å²) < 4.78 is 18.1. The number of methoxy groups -OCH3 is 1. The molecule has 2 aromatic rings. The first-order valence-electron chi connectivity index (χ1n) is 6.69. The van der Waals surface area contributed by atoms with Gasteiger partial charge in [-0.1, -0.05) is 13.0 Å². The van der Waals surface area contributed by atoms with Crippen molar-refractivity contribution in [2.45, 2.75) is 13.8 Å². The predicted octanol–water partition coefficient (Wildman–Crippen LogP) is 2.00. The van der Waals surface area contributed by atoms with Gasteiger partial charge in [0, 0.05) is 25.7 Å². The molecule has 4 nitrogen and oxygen atoms in total. The van der Waals surface area contributed by atoms with Crippen LogP contribution >= 0.6 is 11.3 Å². The largest absolute Gasteiger partial charge is 0.493 e. The van der Waals surface area contributed by atoms with Gasteiger partial charge in [0.15, 0.2) is 0 Å². The molecule has 3 rings (SSSR count). The van der Waals surface area contributed by atoms with Crippen LogP contribution in [0.1, 0.15) is 11.9 Å². The zero-order valence-corrected chi connectivity index (χ0v) is 12.8. The number of nitrogens with zero attached hydrogens (tertiary/aromatic N) is 1. The Bertz CT molecular complexity index is 607. The highest BCUT2D eigenvalue weighted by Crippen LogP contribution is 2.24. The molecule has 0 N–H and O–H groups in total. The zero-order valence-electron chi connectivity index (χ0n) is 12.0. The maximum atomic E-state index is 5.86. The number of hydrogen-bond acceptors (Lipinski definition) is 5. The van der Waals surface area contributed by atoms with Crippen LogP contribution in [0.15, 0.2) is 18.2 Å². The lowest BCUT2D eigenvalue weighted by atomic mass is 9.75. The normalized spacial score (nSPS) is 18.6. The molecule has 0 radical (unpaired) electrons. The third kappa shape index (κ3) is 2.74. The van der Waals surface area contributed by atoms with Crippen LogP contribution < -0.4 is 5.46 Å². The lowest BCUT2D eigenvalue weighted by Gasteiger charge is -2.35. The van der Waals surface area contributed by atoms with Crippen LogP contribution in [0.4, 0.5) is 0 Å². The molecule has 0 aliphatic carbocycles. The van der Waals surface area contributed by atoms with E-state index >= 15 is 0 Å². The molecule has 0 unspecified atom stereocenters. The first-order chi connectivity index (χ1) is 9.59. The van der Waals surface area contributed by atoms with Crippen LogP contribution in [0.25, 0.3) is 10.2 Å². The van der Waals surface area contributed by atoms with Gasteiger partial charge in [-0.2, -0.15) is 0 Å². The standard InChI is InChI=1S/C14H18BNO3S/c1-10-16-12-6-11(4-5-13(12)20-10)15-18-8-14(2,7-17-3)9-19-15/h4-6H,7-9H2,1-3H3. The number of fused-ring (bicyclic) bond motifs is 1. The fourth-order valence-corrected chi connectivity index (χ4v) is 3.28. The summed E-state index contributed by atoms with van der Waals surface area (Å²) in [5.41, 5.74) is 1.98. The monoisotopic (exact) mass is 291 g/mol. The predicted molar refractivity (Wildman–Crippen MR) is 81.6 cm³/mol. The minimum atomic E-state index is -0.300. The molecule has 2 heterocycles. The van der Waals surface area contributed by atoms with Crippen molar-refractivity contribution in [3.05, 3.63) is 23.2 Å². The van der Waals surface area contributed by atoms with Crippen molar-refractivity contribution in [2.75, 3.05) is 26.9 Å². The summed E-state index contributed by atoms with van der Waals surface area (Å²) in [7, 11) is 1.40. The van der Waals surface area contributed by atoms with Crippen LogP contribution in [0.5, 0.6) is 0 Å². The summed E-state index contributed by atoms with van der Waals surface area (Å²) in [5, 5.41) is 1.08. The molecule has 0 saturated carbocycles. The second-order valence-corrected chi connectivity index (χ2v) is 6.89. The van der Waals surface area contributed by atoms with E-state index in [1.54, 1.807) is 18.4 Å². The lowest BCUT2D eigenvalue weighted by Crippen LogP contribution is -2.50. The fraction of sp³-hybridized carbons (Fsp3) is 0.500. The van der Waals surface area contributed by atoms with Crippen molar-refractivity contribution in [3.8, 4) is 0 Å². The van der Waals surface area contributed by atoms with E-state index in [0.717, 1.165) is 16.0 Å². The van der Waals surface area contributed by atoms with Crippen molar-refractivity contribution in [2.24, 2.45) is 5.41 Å². The van der Waals surface area contributed by atoms with Gasteiger partial charge in [-0.3, -0.25) is 0 Å². The Labute approximate surface area is 123 Å². The summed E-state index contributed by atoms with van der Waals surface area (Å²) in [6, 6.07) is 6.21. The Hall–Kier alpha value is -0.945. The molecule has 1 aromatic heterocycles. The molecular weight excluding hydrogens is 273 g/mol. The van der Waals surface area contributed by atoms with Gasteiger partial charge in [0.2, 0.25) is 0 Å². The SMILES string of the molecule is COCC1(C)COB(c2ccc3sc(C)nc3c2)OC1. The molecule has 1 aliphatic heterocycles. The molecule has 0 bridgehead atoms. The van der Waals surface area contributed by atoms with Crippen LogP contribution in [0.2, 0.25) is 0 Å². The second kappa shape index (κ2) is 5.45. The minimum absolute atomic E-state index is 0.0629. The van der Waals surface area contributed by atoms with Crippen molar-refractivity contribution in [1.29, 1.82) is 0 Å². The molecule has 1 fully saturated rings. The quantitative estimate of drug-likeness (QED) is 0.811. The molecule has 0 amide bonds. The molecule has 1 aromatic carbocycles. The molecule has 0 spiro atoms. The van der Waals surface area contributed by atoms with Gasteiger partial charge in [-0.15, -0.1) is 11.3 Å². The van der Waals surface area contributed by atoms with Gasteiger partial charge in [0.1, 0.15) is 0 Å². The molecule has 106 valence electrons. The van der Waals surface area contributed by atoms with Gasteiger partial charge in [0.25, 0.3) is 0 Å². The van der Waals surface area contributed by atoms with Crippen LogP contribution in [-0.4, -0.2) is 39.0 Å². The van der Waals surface area contributed by atoms with E-state index in [-0.39, 0.29) is 12.5 Å². The fourth-order valence-electron chi connectivity index (χ4n) is 2.47. The van der Waals surface area contributed by atoms with Gasteiger partial charge in [-0.05, 0) is 24.5 Å². The summed E-state index contributed by atoms with van der Waals surface area (Å²) >= 11 is 1.70. The number of thiazole rings is 1. The van der Waals surface area contributed by atoms with Crippen molar-refractivity contribution in [3.63, 3.8) is 0 Å². The van der Waals surface area contributed by atoms with Crippen molar-refractivity contribution < 1.29 is 14.0 Å². The number of ether oxygens (including phenoxy) is 1. The summed E-state index contributed by atoms with van der Waals surface area (Å²) in [6.07, 6.45) is 0. The summed E-state index contributed by atoms with van der Waals surface area (Å²) in [4.78, 5) is 4.51. The number of benzene rings is 1. The third-order valence-corrected chi connectivity index (χ3v) is 4.40. The number of aryl methyl sites for hydroxylation is 1. The molecule has 1 aliphatic rings. The lowest BCUT2D eigenvalue weighted by molar-refractivity contribution is -0.0276. The summed E-state index contributed by atoms with van der Waals surface area (Å²) in [5.74, 6) is 0. The summed E-state index contributed by atoms with van der Waals surface area (Å²) in [6.45, 7) is 6.05. The van der Waals surface area contributed by atoms with E-state index in [0.29, 0.717) is 19.8 Å². The highest BCUT2D eigenvalue weighted by atomic mass is 32.1. The molecule has 0 atom stereocenters. The van der Waals surface area contributed by atoms with Crippen LogP contribution in [-0.2, 0) is 14.0 Å². The number of aromatic nitrogens is 1. The molecular formula is C14H18BNO3S. The highest BCUT2D eigenvalue weighted by molar-refractivity contribution is 7.18. The average molecular weight is 291 g/mol. The maximum absolute atomic E-state index is 5.86. The Balaban J connectivity index is 1.76. The van der Waals surface area contributed by atoms with Gasteiger partial charge < -0.3 is 14.0 Å². The van der Waals surface area contributed by atoms with E-state index in [4.69, 9.17) is 14.0 Å².